The number of hydrogen-bond acceptors (Lipinski definition) is 3. The lowest BCUT2D eigenvalue weighted by Gasteiger charge is -2.40. The van der Waals surface area contributed by atoms with Crippen molar-refractivity contribution >= 4 is 17.7 Å². The maximum Gasteiger partial charge on any atom is 0.255 e. The topological polar surface area (TPSA) is 45.2 Å². The number of likely N-dealkylation sites (tertiary alicyclic amines) is 1. The van der Waals surface area contributed by atoms with E-state index in [2.05, 4.69) is 21.3 Å². The molecule has 1 aliphatic carbocycles. The Kier molecular flexibility index (Phi) is 5.12. The first-order chi connectivity index (χ1) is 12.8. The molecule has 0 atom stereocenters. The summed E-state index contributed by atoms with van der Waals surface area (Å²) < 4.78 is 0. The van der Waals surface area contributed by atoms with Crippen LogP contribution in [-0.2, 0) is 0 Å². The largest absolute Gasteiger partial charge is 0.321 e. The molecular formula is C22H25N3O. The molecule has 1 aliphatic heterocycles. The van der Waals surface area contributed by atoms with E-state index < -0.39 is 0 Å². The van der Waals surface area contributed by atoms with Crippen LogP contribution in [0.3, 0.4) is 0 Å². The molecule has 2 fully saturated rings. The standard InChI is InChI=1S/C22H25N3O/c26-22(24-20-3-2-12-23-16-20)19-8-6-17(7-9-19)15-18-10-13-25(14-11-18)21-4-1-5-21/h2-3,6-9,12,15-16,21H,1,4-5,10-11,13-14H2,(H,24,26). The molecule has 134 valence electrons. The monoisotopic (exact) mass is 347 g/mol. The molecule has 1 saturated carbocycles. The van der Waals surface area contributed by atoms with Gasteiger partial charge in [0.05, 0.1) is 11.9 Å². The first-order valence-corrected chi connectivity index (χ1v) is 9.53. The Balaban J connectivity index is 1.34. The van der Waals surface area contributed by atoms with Gasteiger partial charge in [0, 0.05) is 30.9 Å². The molecule has 2 aliphatic rings. The summed E-state index contributed by atoms with van der Waals surface area (Å²) in [4.78, 5) is 19.0. The third kappa shape index (κ3) is 4.02. The molecule has 4 heteroatoms. The van der Waals surface area contributed by atoms with Crippen LogP contribution in [0.15, 0.2) is 54.4 Å². The number of nitrogens with one attached hydrogen (secondary N) is 1. The van der Waals surface area contributed by atoms with E-state index in [0.717, 1.165) is 6.04 Å². The molecule has 1 aromatic heterocycles. The molecular weight excluding hydrogens is 322 g/mol. The lowest BCUT2D eigenvalue weighted by atomic mass is 9.89. The van der Waals surface area contributed by atoms with Crippen molar-refractivity contribution in [1.82, 2.24) is 9.88 Å². The lowest BCUT2D eigenvalue weighted by molar-refractivity contribution is 0.102. The number of anilines is 1. The second-order valence-corrected chi connectivity index (χ2v) is 7.24. The second kappa shape index (κ2) is 7.83. The smallest absolute Gasteiger partial charge is 0.255 e. The Labute approximate surface area is 154 Å². The highest BCUT2D eigenvalue weighted by Crippen LogP contribution is 2.29. The Morgan fingerprint density at radius 2 is 1.88 bits per heavy atom. The SMILES string of the molecule is O=C(Nc1cccnc1)c1ccc(C=C2CCN(C3CCC3)CC2)cc1. The van der Waals surface area contributed by atoms with Crippen LogP contribution >= 0.6 is 0 Å². The Hall–Kier alpha value is -2.46. The first-order valence-electron chi connectivity index (χ1n) is 9.53. The van der Waals surface area contributed by atoms with E-state index in [1.54, 1.807) is 18.5 Å². The van der Waals surface area contributed by atoms with Gasteiger partial charge in [0.1, 0.15) is 0 Å². The average Bonchev–Trinajstić information content (AvgIpc) is 2.63. The Morgan fingerprint density at radius 1 is 1.12 bits per heavy atom. The van der Waals surface area contributed by atoms with E-state index in [1.807, 2.05) is 30.3 Å². The zero-order valence-electron chi connectivity index (χ0n) is 15.0. The van der Waals surface area contributed by atoms with Crippen molar-refractivity contribution in [1.29, 1.82) is 0 Å². The van der Waals surface area contributed by atoms with Gasteiger partial charge in [0.2, 0.25) is 0 Å². The van der Waals surface area contributed by atoms with Crippen molar-refractivity contribution in [3.05, 3.63) is 65.5 Å². The van der Waals surface area contributed by atoms with E-state index in [1.165, 1.54) is 56.3 Å². The predicted octanol–water partition coefficient (Wildman–Crippen LogP) is 4.37. The number of pyridine rings is 1. The summed E-state index contributed by atoms with van der Waals surface area (Å²) in [7, 11) is 0. The van der Waals surface area contributed by atoms with Gasteiger partial charge in [-0.25, -0.2) is 0 Å². The molecule has 4 rings (SSSR count). The molecule has 1 N–H and O–H groups in total. The van der Waals surface area contributed by atoms with Gasteiger partial charge in [0.15, 0.2) is 0 Å². The molecule has 2 aromatic rings. The van der Waals surface area contributed by atoms with Crippen LogP contribution in [0.2, 0.25) is 0 Å². The maximum absolute atomic E-state index is 12.3. The van der Waals surface area contributed by atoms with Crippen molar-refractivity contribution in [2.24, 2.45) is 0 Å². The summed E-state index contributed by atoms with van der Waals surface area (Å²) in [5.74, 6) is -0.106. The van der Waals surface area contributed by atoms with Crippen LogP contribution in [0, 0.1) is 0 Å². The third-order valence-electron chi connectivity index (χ3n) is 5.49. The molecule has 26 heavy (non-hydrogen) atoms. The van der Waals surface area contributed by atoms with E-state index >= 15 is 0 Å². The zero-order chi connectivity index (χ0) is 17.8. The minimum Gasteiger partial charge on any atom is -0.321 e. The predicted molar refractivity (Wildman–Crippen MR) is 105 cm³/mol. The van der Waals surface area contributed by atoms with Gasteiger partial charge in [-0.2, -0.15) is 0 Å². The van der Waals surface area contributed by atoms with Gasteiger partial charge in [-0.05, 0) is 55.5 Å². The summed E-state index contributed by atoms with van der Waals surface area (Å²) in [5.41, 5.74) is 4.07. The van der Waals surface area contributed by atoms with Gasteiger partial charge in [-0.15, -0.1) is 0 Å². The first kappa shape index (κ1) is 17.0. The number of hydrogen-bond donors (Lipinski definition) is 1. The number of amides is 1. The van der Waals surface area contributed by atoms with Gasteiger partial charge < -0.3 is 5.32 Å². The molecule has 2 heterocycles. The van der Waals surface area contributed by atoms with Crippen LogP contribution in [0.1, 0.15) is 48.0 Å². The van der Waals surface area contributed by atoms with Gasteiger partial charge >= 0.3 is 0 Å². The van der Waals surface area contributed by atoms with Crippen LogP contribution in [-0.4, -0.2) is 34.9 Å². The maximum atomic E-state index is 12.3. The third-order valence-corrected chi connectivity index (χ3v) is 5.49. The van der Waals surface area contributed by atoms with E-state index in [9.17, 15) is 4.79 Å². The van der Waals surface area contributed by atoms with Crippen molar-refractivity contribution in [3.8, 4) is 0 Å². The minimum atomic E-state index is -0.106. The van der Waals surface area contributed by atoms with Gasteiger partial charge in [-0.1, -0.05) is 30.2 Å². The lowest BCUT2D eigenvalue weighted by Crippen LogP contribution is -2.43. The summed E-state index contributed by atoms with van der Waals surface area (Å²) >= 11 is 0. The average molecular weight is 347 g/mol. The normalized spacial score (nSPS) is 18.2. The van der Waals surface area contributed by atoms with Gasteiger partial charge in [-0.3, -0.25) is 14.7 Å². The highest BCUT2D eigenvalue weighted by molar-refractivity contribution is 6.04. The number of carbonyl (C=O) groups is 1. The number of aromatic nitrogens is 1. The number of benzene rings is 1. The Bertz CT molecular complexity index is 769. The molecule has 0 unspecified atom stereocenters. The van der Waals surface area contributed by atoms with Crippen LogP contribution in [0.25, 0.3) is 6.08 Å². The molecule has 1 amide bonds. The van der Waals surface area contributed by atoms with Crippen molar-refractivity contribution in [2.75, 3.05) is 18.4 Å². The summed E-state index contributed by atoms with van der Waals surface area (Å²) in [5, 5.41) is 2.86. The second-order valence-electron chi connectivity index (χ2n) is 7.24. The van der Waals surface area contributed by atoms with Crippen molar-refractivity contribution < 1.29 is 4.79 Å². The van der Waals surface area contributed by atoms with E-state index in [0.29, 0.717) is 11.3 Å². The van der Waals surface area contributed by atoms with Crippen LogP contribution in [0.5, 0.6) is 0 Å². The molecule has 0 spiro atoms. The van der Waals surface area contributed by atoms with Gasteiger partial charge in [0.25, 0.3) is 5.91 Å². The fourth-order valence-electron chi connectivity index (χ4n) is 3.68. The molecule has 1 saturated heterocycles. The minimum absolute atomic E-state index is 0.106. The molecule has 1 aromatic carbocycles. The van der Waals surface area contributed by atoms with Crippen LogP contribution in [0.4, 0.5) is 5.69 Å². The number of rotatable bonds is 4. The zero-order valence-corrected chi connectivity index (χ0v) is 15.0. The molecule has 0 radical (unpaired) electrons. The van der Waals surface area contributed by atoms with Crippen molar-refractivity contribution in [3.63, 3.8) is 0 Å². The number of nitrogens with zero attached hydrogens (tertiary/aromatic N) is 2. The number of piperidine rings is 1. The summed E-state index contributed by atoms with van der Waals surface area (Å²) in [6, 6.07) is 12.3. The summed E-state index contributed by atoms with van der Waals surface area (Å²) in [6.07, 6.45) is 12.1. The van der Waals surface area contributed by atoms with Crippen molar-refractivity contribution in [2.45, 2.75) is 38.1 Å². The fraction of sp³-hybridized carbons (Fsp3) is 0.364. The highest BCUT2D eigenvalue weighted by Gasteiger charge is 2.26. The fourth-order valence-corrected chi connectivity index (χ4v) is 3.68. The number of carbonyl (C=O) groups excluding carboxylic acids is 1. The molecule has 4 nitrogen and oxygen atoms in total. The Morgan fingerprint density at radius 3 is 2.50 bits per heavy atom. The summed E-state index contributed by atoms with van der Waals surface area (Å²) in [6.45, 7) is 2.39. The van der Waals surface area contributed by atoms with Crippen LogP contribution < -0.4 is 5.32 Å². The highest BCUT2D eigenvalue weighted by atomic mass is 16.1. The van der Waals surface area contributed by atoms with E-state index in [-0.39, 0.29) is 5.91 Å². The quantitative estimate of drug-likeness (QED) is 0.893. The van der Waals surface area contributed by atoms with E-state index in [4.69, 9.17) is 0 Å². The molecule has 0 bridgehead atoms.